The van der Waals surface area contributed by atoms with Crippen LogP contribution in [0.4, 0.5) is 10.1 Å². The lowest BCUT2D eigenvalue weighted by molar-refractivity contribution is -0.136. The summed E-state index contributed by atoms with van der Waals surface area (Å²) in [7, 11) is -3.73. The summed E-state index contributed by atoms with van der Waals surface area (Å²) in [5.41, 5.74) is 0.136. The van der Waals surface area contributed by atoms with E-state index in [2.05, 4.69) is 0 Å². The highest BCUT2D eigenvalue weighted by atomic mass is 32.2. The van der Waals surface area contributed by atoms with Gasteiger partial charge in [-0.1, -0.05) is 6.07 Å². The smallest absolute Gasteiger partial charge is 0.246 e. The van der Waals surface area contributed by atoms with Crippen LogP contribution in [0.2, 0.25) is 0 Å². The molecule has 0 N–H and O–H groups in total. The van der Waals surface area contributed by atoms with E-state index in [1.165, 1.54) is 25.1 Å². The molecule has 0 saturated carbocycles. The number of anilines is 1. The zero-order valence-electron chi connectivity index (χ0n) is 12.5. The number of hydrogen-bond acceptors (Lipinski definition) is 4. The van der Waals surface area contributed by atoms with Crippen molar-refractivity contribution in [2.75, 3.05) is 36.9 Å². The van der Waals surface area contributed by atoms with Gasteiger partial charge in [-0.05, 0) is 25.1 Å². The van der Waals surface area contributed by atoms with Gasteiger partial charge in [-0.3, -0.25) is 9.10 Å². The quantitative estimate of drug-likeness (QED) is 0.820. The molecule has 1 aliphatic heterocycles. The third-order valence-electron chi connectivity index (χ3n) is 3.45. The van der Waals surface area contributed by atoms with Crippen LogP contribution in [-0.2, 0) is 19.6 Å². The maximum Gasteiger partial charge on any atom is 0.246 e. The molecule has 1 atom stereocenters. The largest absolute Gasteiger partial charge is 0.378 e. The molecule has 22 heavy (non-hydrogen) atoms. The Balaban J connectivity index is 2.31. The first-order chi connectivity index (χ1) is 10.3. The van der Waals surface area contributed by atoms with E-state index in [0.717, 1.165) is 16.6 Å². The Hall–Kier alpha value is -1.67. The first-order valence-electron chi connectivity index (χ1n) is 6.92. The molecular weight excluding hydrogens is 311 g/mol. The van der Waals surface area contributed by atoms with Crippen LogP contribution in [0.15, 0.2) is 24.3 Å². The number of amides is 1. The first kappa shape index (κ1) is 16.7. The molecule has 0 unspecified atom stereocenters. The number of carbonyl (C=O) groups excluding carboxylic acids is 1. The Labute approximate surface area is 129 Å². The van der Waals surface area contributed by atoms with Crippen molar-refractivity contribution in [1.82, 2.24) is 4.90 Å². The fourth-order valence-corrected chi connectivity index (χ4v) is 3.62. The van der Waals surface area contributed by atoms with E-state index in [4.69, 9.17) is 4.74 Å². The standard InChI is InChI=1S/C14H19FN2O4S/c1-11(14(18)16-6-8-21-9-7-16)17(22(2,19)20)13-5-3-4-12(15)10-13/h3-5,10-11H,6-9H2,1-2H3/t11-/m0/s1. The summed E-state index contributed by atoms with van der Waals surface area (Å²) in [6.07, 6.45) is 1.00. The van der Waals surface area contributed by atoms with Crippen molar-refractivity contribution in [1.29, 1.82) is 0 Å². The molecule has 1 aromatic rings. The van der Waals surface area contributed by atoms with Gasteiger partial charge in [0.25, 0.3) is 0 Å². The van der Waals surface area contributed by atoms with Gasteiger partial charge in [0, 0.05) is 13.1 Å². The highest BCUT2D eigenvalue weighted by molar-refractivity contribution is 7.92. The van der Waals surface area contributed by atoms with E-state index in [-0.39, 0.29) is 11.6 Å². The van der Waals surface area contributed by atoms with Crippen LogP contribution in [-0.4, -0.2) is 57.8 Å². The first-order valence-corrected chi connectivity index (χ1v) is 8.77. The lowest BCUT2D eigenvalue weighted by atomic mass is 10.2. The van der Waals surface area contributed by atoms with E-state index >= 15 is 0 Å². The van der Waals surface area contributed by atoms with Gasteiger partial charge in [0.05, 0.1) is 25.2 Å². The van der Waals surface area contributed by atoms with E-state index in [0.29, 0.717) is 26.3 Å². The molecule has 122 valence electrons. The van der Waals surface area contributed by atoms with Crippen molar-refractivity contribution < 1.29 is 22.3 Å². The molecule has 0 bridgehead atoms. The number of hydrogen-bond donors (Lipinski definition) is 0. The number of rotatable bonds is 4. The van der Waals surface area contributed by atoms with Crippen molar-refractivity contribution in [2.24, 2.45) is 0 Å². The van der Waals surface area contributed by atoms with Crippen molar-refractivity contribution in [3.63, 3.8) is 0 Å². The number of nitrogens with zero attached hydrogens (tertiary/aromatic N) is 2. The number of morpholine rings is 1. The monoisotopic (exact) mass is 330 g/mol. The Kier molecular flexibility index (Phi) is 5.02. The molecule has 0 aliphatic carbocycles. The molecule has 0 aromatic heterocycles. The Morgan fingerprint density at radius 2 is 2.00 bits per heavy atom. The van der Waals surface area contributed by atoms with Crippen LogP contribution in [0.1, 0.15) is 6.92 Å². The number of ether oxygens (including phenoxy) is 1. The topological polar surface area (TPSA) is 66.9 Å². The number of benzene rings is 1. The second-order valence-electron chi connectivity index (χ2n) is 5.15. The van der Waals surface area contributed by atoms with Gasteiger partial charge in [-0.2, -0.15) is 0 Å². The summed E-state index contributed by atoms with van der Waals surface area (Å²) in [5.74, 6) is -0.879. The van der Waals surface area contributed by atoms with E-state index in [1.807, 2.05) is 0 Å². The third-order valence-corrected chi connectivity index (χ3v) is 4.69. The zero-order valence-corrected chi connectivity index (χ0v) is 13.3. The summed E-state index contributed by atoms with van der Waals surface area (Å²) >= 11 is 0. The third kappa shape index (κ3) is 3.75. The van der Waals surface area contributed by atoms with E-state index in [9.17, 15) is 17.6 Å². The zero-order chi connectivity index (χ0) is 16.3. The Morgan fingerprint density at radius 3 is 2.55 bits per heavy atom. The van der Waals surface area contributed by atoms with Crippen molar-refractivity contribution in [2.45, 2.75) is 13.0 Å². The number of carbonyl (C=O) groups is 1. The second kappa shape index (κ2) is 6.62. The Bertz CT molecular complexity index is 644. The van der Waals surface area contributed by atoms with Gasteiger partial charge in [0.2, 0.25) is 15.9 Å². The van der Waals surface area contributed by atoms with Crippen molar-refractivity contribution in [3.05, 3.63) is 30.1 Å². The van der Waals surface area contributed by atoms with Gasteiger partial charge in [-0.15, -0.1) is 0 Å². The molecule has 1 fully saturated rings. The van der Waals surface area contributed by atoms with Gasteiger partial charge in [0.15, 0.2) is 0 Å². The molecule has 1 heterocycles. The van der Waals surface area contributed by atoms with Crippen LogP contribution < -0.4 is 4.31 Å². The summed E-state index contributed by atoms with van der Waals surface area (Å²) < 4.78 is 43.7. The van der Waals surface area contributed by atoms with Gasteiger partial charge in [-0.25, -0.2) is 12.8 Å². The maximum atomic E-state index is 13.4. The normalized spacial score (nSPS) is 17.1. The molecule has 1 aliphatic rings. The fourth-order valence-electron chi connectivity index (χ4n) is 2.46. The molecule has 1 saturated heterocycles. The van der Waals surface area contributed by atoms with E-state index < -0.39 is 21.9 Å². The average molecular weight is 330 g/mol. The van der Waals surface area contributed by atoms with Crippen molar-refractivity contribution >= 4 is 21.6 Å². The molecule has 8 heteroatoms. The SMILES string of the molecule is C[C@@H](C(=O)N1CCOCC1)N(c1cccc(F)c1)S(C)(=O)=O. The van der Waals surface area contributed by atoms with Crippen LogP contribution in [0.25, 0.3) is 0 Å². The number of sulfonamides is 1. The molecule has 1 aromatic carbocycles. The fraction of sp³-hybridized carbons (Fsp3) is 0.500. The summed E-state index contributed by atoms with van der Waals surface area (Å²) in [4.78, 5) is 14.1. The van der Waals surface area contributed by atoms with Crippen LogP contribution >= 0.6 is 0 Å². The Morgan fingerprint density at radius 1 is 1.36 bits per heavy atom. The molecule has 1 amide bonds. The molecule has 2 rings (SSSR count). The number of halogens is 1. The van der Waals surface area contributed by atoms with Crippen LogP contribution in [0.5, 0.6) is 0 Å². The lowest BCUT2D eigenvalue weighted by Crippen LogP contribution is -2.52. The predicted octanol–water partition coefficient (Wildman–Crippen LogP) is 0.839. The van der Waals surface area contributed by atoms with Crippen molar-refractivity contribution in [3.8, 4) is 0 Å². The molecule has 6 nitrogen and oxygen atoms in total. The molecular formula is C14H19FN2O4S. The van der Waals surface area contributed by atoms with Gasteiger partial charge in [0.1, 0.15) is 11.9 Å². The van der Waals surface area contributed by atoms with Crippen LogP contribution in [0, 0.1) is 5.82 Å². The van der Waals surface area contributed by atoms with E-state index in [1.54, 1.807) is 4.90 Å². The average Bonchev–Trinajstić information content (AvgIpc) is 2.46. The minimum atomic E-state index is -3.73. The summed E-state index contributed by atoms with van der Waals surface area (Å²) in [6.45, 7) is 3.20. The minimum absolute atomic E-state index is 0.136. The van der Waals surface area contributed by atoms with Gasteiger partial charge >= 0.3 is 0 Å². The maximum absolute atomic E-state index is 13.4. The summed E-state index contributed by atoms with van der Waals surface area (Å²) in [6, 6.07) is 4.25. The molecule has 0 radical (unpaired) electrons. The molecule has 0 spiro atoms. The highest BCUT2D eigenvalue weighted by Gasteiger charge is 2.32. The van der Waals surface area contributed by atoms with Gasteiger partial charge < -0.3 is 9.64 Å². The van der Waals surface area contributed by atoms with Crippen LogP contribution in [0.3, 0.4) is 0 Å². The predicted molar refractivity (Wildman–Crippen MR) is 80.6 cm³/mol. The summed E-state index contributed by atoms with van der Waals surface area (Å²) in [5, 5.41) is 0. The second-order valence-corrected chi connectivity index (χ2v) is 7.01. The lowest BCUT2D eigenvalue weighted by Gasteiger charge is -2.34. The highest BCUT2D eigenvalue weighted by Crippen LogP contribution is 2.22. The minimum Gasteiger partial charge on any atom is -0.378 e.